The monoisotopic (exact) mass is 220 g/mol. The van der Waals surface area contributed by atoms with Crippen LogP contribution in [0.1, 0.15) is 42.2 Å². The van der Waals surface area contributed by atoms with Gasteiger partial charge in [0.25, 0.3) is 0 Å². The molecule has 3 rings (SSSR count). The Balaban J connectivity index is 2.38. The van der Waals surface area contributed by atoms with E-state index >= 15 is 0 Å². The van der Waals surface area contributed by atoms with Crippen molar-refractivity contribution in [1.82, 2.24) is 9.38 Å². The summed E-state index contributed by atoms with van der Waals surface area (Å²) in [7, 11) is 0. The molecule has 3 heteroatoms. The number of aryl methyl sites for hydroxylation is 3. The molecule has 0 bridgehead atoms. The zero-order chi connectivity index (χ0) is 10.8. The summed E-state index contributed by atoms with van der Waals surface area (Å²) >= 11 is 1.82. The van der Waals surface area contributed by atoms with Crippen LogP contribution in [0.2, 0.25) is 0 Å². The molecule has 0 aliphatic heterocycles. The van der Waals surface area contributed by atoms with Crippen LogP contribution in [0.5, 0.6) is 0 Å². The van der Waals surface area contributed by atoms with Gasteiger partial charge >= 0.3 is 0 Å². The molecule has 0 spiro atoms. The lowest BCUT2D eigenvalue weighted by Crippen LogP contribution is -2.12. The first kappa shape index (κ1) is 9.40. The van der Waals surface area contributed by atoms with Crippen molar-refractivity contribution in [2.75, 3.05) is 0 Å². The van der Waals surface area contributed by atoms with Crippen LogP contribution in [-0.2, 0) is 11.8 Å². The number of rotatable bonds is 0. The topological polar surface area (TPSA) is 17.3 Å². The van der Waals surface area contributed by atoms with E-state index in [9.17, 15) is 0 Å². The van der Waals surface area contributed by atoms with Gasteiger partial charge in [-0.2, -0.15) is 0 Å². The van der Waals surface area contributed by atoms with Crippen LogP contribution in [0.3, 0.4) is 0 Å². The van der Waals surface area contributed by atoms with E-state index in [1.54, 1.807) is 0 Å². The highest BCUT2D eigenvalue weighted by Gasteiger charge is 2.35. The van der Waals surface area contributed by atoms with Gasteiger partial charge in [0, 0.05) is 21.7 Å². The van der Waals surface area contributed by atoms with Gasteiger partial charge < -0.3 is 0 Å². The summed E-state index contributed by atoms with van der Waals surface area (Å²) in [6.07, 6.45) is 2.42. The summed E-state index contributed by atoms with van der Waals surface area (Å²) in [5.74, 6) is 0. The number of thiazole rings is 1. The van der Waals surface area contributed by atoms with Crippen molar-refractivity contribution in [3.05, 3.63) is 22.0 Å². The quantitative estimate of drug-likeness (QED) is 0.666. The van der Waals surface area contributed by atoms with E-state index < -0.39 is 0 Å². The van der Waals surface area contributed by atoms with Gasteiger partial charge in [0.1, 0.15) is 0 Å². The number of aromatic nitrogens is 2. The Morgan fingerprint density at radius 2 is 2.07 bits per heavy atom. The number of hydrogen-bond acceptors (Lipinski definition) is 2. The molecular formula is C12H16N2S. The third-order valence-electron chi connectivity index (χ3n) is 3.66. The van der Waals surface area contributed by atoms with Crippen LogP contribution < -0.4 is 0 Å². The molecule has 2 aromatic rings. The molecule has 0 fully saturated rings. The van der Waals surface area contributed by atoms with Crippen LogP contribution >= 0.6 is 11.3 Å². The normalized spacial score (nSPS) is 18.7. The molecule has 0 saturated heterocycles. The van der Waals surface area contributed by atoms with E-state index in [2.05, 4.69) is 32.1 Å². The summed E-state index contributed by atoms with van der Waals surface area (Å²) in [6, 6.07) is 0. The minimum Gasteiger partial charge on any atom is -0.291 e. The third-order valence-corrected chi connectivity index (χ3v) is 4.72. The summed E-state index contributed by atoms with van der Waals surface area (Å²) in [4.78, 5) is 7.39. The van der Waals surface area contributed by atoms with Crippen molar-refractivity contribution in [3.63, 3.8) is 0 Å². The highest BCUT2D eigenvalue weighted by atomic mass is 32.1. The smallest absolute Gasteiger partial charge is 0.194 e. The van der Waals surface area contributed by atoms with Crippen molar-refractivity contribution >= 4 is 16.3 Å². The van der Waals surface area contributed by atoms with E-state index in [0.717, 1.165) is 0 Å². The molecule has 0 atom stereocenters. The largest absolute Gasteiger partial charge is 0.291 e. The van der Waals surface area contributed by atoms with Gasteiger partial charge in [-0.3, -0.25) is 4.40 Å². The molecule has 80 valence electrons. The van der Waals surface area contributed by atoms with E-state index in [1.807, 2.05) is 11.3 Å². The molecule has 15 heavy (non-hydrogen) atoms. The van der Waals surface area contributed by atoms with E-state index in [4.69, 9.17) is 4.98 Å². The fraction of sp³-hybridized carbons (Fsp3) is 0.583. The van der Waals surface area contributed by atoms with Crippen molar-refractivity contribution in [1.29, 1.82) is 0 Å². The Morgan fingerprint density at radius 3 is 2.80 bits per heavy atom. The van der Waals surface area contributed by atoms with Gasteiger partial charge in [0.2, 0.25) is 0 Å². The van der Waals surface area contributed by atoms with Crippen molar-refractivity contribution < 1.29 is 0 Å². The summed E-state index contributed by atoms with van der Waals surface area (Å²) in [5, 5.41) is 0. The lowest BCUT2D eigenvalue weighted by Gasteiger charge is -2.14. The van der Waals surface area contributed by atoms with Crippen LogP contribution in [0.25, 0.3) is 4.96 Å². The van der Waals surface area contributed by atoms with Crippen molar-refractivity contribution in [2.45, 2.75) is 46.0 Å². The predicted molar refractivity (Wildman–Crippen MR) is 63.9 cm³/mol. The molecule has 1 aliphatic carbocycles. The maximum atomic E-state index is 4.81. The summed E-state index contributed by atoms with van der Waals surface area (Å²) in [6.45, 7) is 8.99. The fourth-order valence-electron chi connectivity index (χ4n) is 2.54. The Hall–Kier alpha value is -0.830. The first-order valence-electron chi connectivity index (χ1n) is 5.48. The molecule has 0 amide bonds. The fourth-order valence-corrected chi connectivity index (χ4v) is 3.52. The SMILES string of the molecule is Cc1sc2nc3c(n2c1C)CCC3(C)C. The second-order valence-corrected chi connectivity index (χ2v) is 6.33. The predicted octanol–water partition coefficient (Wildman–Crippen LogP) is 3.24. The molecule has 2 aromatic heterocycles. The lowest BCUT2D eigenvalue weighted by atomic mass is 9.91. The maximum Gasteiger partial charge on any atom is 0.194 e. The molecule has 0 saturated carbocycles. The average molecular weight is 220 g/mol. The molecular weight excluding hydrogens is 204 g/mol. The van der Waals surface area contributed by atoms with Gasteiger partial charge in [0.15, 0.2) is 4.96 Å². The molecule has 0 unspecified atom stereocenters. The molecule has 0 N–H and O–H groups in total. The van der Waals surface area contributed by atoms with Gasteiger partial charge in [-0.15, -0.1) is 11.3 Å². The zero-order valence-corrected chi connectivity index (χ0v) is 10.5. The molecule has 2 heterocycles. The van der Waals surface area contributed by atoms with Gasteiger partial charge in [0.05, 0.1) is 5.69 Å². The molecule has 2 nitrogen and oxygen atoms in total. The van der Waals surface area contributed by atoms with Gasteiger partial charge in [-0.25, -0.2) is 4.98 Å². The van der Waals surface area contributed by atoms with E-state index in [1.165, 1.54) is 39.8 Å². The number of fused-ring (bicyclic) bond motifs is 3. The minimum atomic E-state index is 0.279. The number of imidazole rings is 1. The second-order valence-electron chi connectivity index (χ2n) is 5.15. The van der Waals surface area contributed by atoms with E-state index in [-0.39, 0.29) is 5.41 Å². The highest BCUT2D eigenvalue weighted by molar-refractivity contribution is 7.17. The maximum absolute atomic E-state index is 4.81. The first-order chi connectivity index (χ1) is 7.00. The molecule has 0 aromatic carbocycles. The molecule has 0 radical (unpaired) electrons. The Bertz CT molecular complexity index is 545. The lowest BCUT2D eigenvalue weighted by molar-refractivity contribution is 0.510. The summed E-state index contributed by atoms with van der Waals surface area (Å²) < 4.78 is 2.37. The van der Waals surface area contributed by atoms with Crippen LogP contribution in [0.15, 0.2) is 0 Å². The Morgan fingerprint density at radius 1 is 1.33 bits per heavy atom. The second kappa shape index (κ2) is 2.64. The number of nitrogens with zero attached hydrogens (tertiary/aromatic N) is 2. The van der Waals surface area contributed by atoms with Crippen LogP contribution in [-0.4, -0.2) is 9.38 Å². The average Bonchev–Trinajstić information content (AvgIpc) is 2.71. The van der Waals surface area contributed by atoms with Crippen molar-refractivity contribution in [2.24, 2.45) is 0 Å². The standard InChI is InChI=1S/C12H16N2S/c1-7-8(2)15-11-13-10-9(14(7)11)5-6-12(10,3)4/h5-6H2,1-4H3. The number of hydrogen-bond donors (Lipinski definition) is 0. The summed E-state index contributed by atoms with van der Waals surface area (Å²) in [5.41, 5.74) is 4.44. The van der Waals surface area contributed by atoms with Crippen LogP contribution in [0.4, 0.5) is 0 Å². The minimum absolute atomic E-state index is 0.279. The van der Waals surface area contributed by atoms with E-state index in [0.29, 0.717) is 0 Å². The third kappa shape index (κ3) is 1.07. The highest BCUT2D eigenvalue weighted by Crippen LogP contribution is 2.40. The van der Waals surface area contributed by atoms with Gasteiger partial charge in [-0.05, 0) is 26.7 Å². The Labute approximate surface area is 94.0 Å². The Kier molecular flexibility index (Phi) is 1.66. The molecule has 1 aliphatic rings. The van der Waals surface area contributed by atoms with Crippen molar-refractivity contribution in [3.8, 4) is 0 Å². The van der Waals surface area contributed by atoms with Gasteiger partial charge in [-0.1, -0.05) is 13.8 Å². The first-order valence-corrected chi connectivity index (χ1v) is 6.30. The van der Waals surface area contributed by atoms with Crippen LogP contribution in [0, 0.1) is 13.8 Å². The zero-order valence-electron chi connectivity index (χ0n) is 9.72.